The van der Waals surface area contributed by atoms with Gasteiger partial charge in [0.25, 0.3) is 17.6 Å². The predicted octanol–water partition coefficient (Wildman–Crippen LogP) is 5.87. The summed E-state index contributed by atoms with van der Waals surface area (Å²) in [6, 6.07) is 2.03. The zero-order valence-corrected chi connectivity index (χ0v) is 45.9. The Kier molecular flexibility index (Phi) is 25.3. The number of aromatic nitrogens is 1. The number of piperidine rings is 1. The van der Waals surface area contributed by atoms with Crippen LogP contribution >= 0.6 is 0 Å². The summed E-state index contributed by atoms with van der Waals surface area (Å²) in [5.41, 5.74) is 3.79. The predicted molar refractivity (Wildman–Crippen MR) is 281 cm³/mol. The number of fused-ring (bicyclic) bond motifs is 3. The molecule has 0 aromatic carbocycles. The van der Waals surface area contributed by atoms with Crippen molar-refractivity contribution in [3.63, 3.8) is 0 Å². The van der Waals surface area contributed by atoms with Crippen molar-refractivity contribution in [3.05, 3.63) is 77.7 Å². The number of ether oxygens (including phenoxy) is 5. The number of nitrogens with two attached hydrogens (primary N) is 1. The molecule has 0 unspecified atom stereocenters. The maximum atomic E-state index is 14.4. The lowest BCUT2D eigenvalue weighted by molar-refractivity contribution is -0.265. The van der Waals surface area contributed by atoms with E-state index in [0.717, 1.165) is 12.0 Å². The van der Waals surface area contributed by atoms with Crippen molar-refractivity contribution >= 4 is 35.1 Å². The van der Waals surface area contributed by atoms with Gasteiger partial charge in [-0.25, -0.2) is 10.6 Å². The number of nitrogens with zero attached hydrogens (tertiary/aromatic N) is 2. The first-order valence-corrected chi connectivity index (χ1v) is 26.7. The van der Waals surface area contributed by atoms with Gasteiger partial charge < -0.3 is 43.9 Å². The minimum Gasteiger partial charge on any atom is -0.460 e. The first-order chi connectivity index (χ1) is 35.6. The van der Waals surface area contributed by atoms with Crippen LogP contribution in [0.25, 0.3) is 0 Å². The molecule has 0 spiro atoms. The summed E-state index contributed by atoms with van der Waals surface area (Å²) in [5, 5.41) is 33.8. The second kappa shape index (κ2) is 30.2. The van der Waals surface area contributed by atoms with Crippen LogP contribution in [0.1, 0.15) is 136 Å². The fourth-order valence-corrected chi connectivity index (χ4v) is 10.7. The van der Waals surface area contributed by atoms with E-state index in [1.54, 1.807) is 53.2 Å². The number of cyclic esters (lactones) is 1. The largest absolute Gasteiger partial charge is 0.460 e. The zero-order valence-electron chi connectivity index (χ0n) is 45.9. The van der Waals surface area contributed by atoms with Crippen molar-refractivity contribution in [2.45, 2.75) is 180 Å². The third kappa shape index (κ3) is 17.6. The number of Topliss-reactive ketones (excluding diaryl/α,β-unsaturated/α-hetero) is 3. The molecule has 418 valence electrons. The van der Waals surface area contributed by atoms with E-state index in [2.05, 4.69) is 4.98 Å². The summed E-state index contributed by atoms with van der Waals surface area (Å²) in [5.74, 6) is -3.38. The van der Waals surface area contributed by atoms with E-state index >= 15 is 0 Å². The Morgan fingerprint density at radius 3 is 2.25 bits per heavy atom. The number of carbonyl (C=O) groups is 6. The highest BCUT2D eigenvalue weighted by molar-refractivity contribution is 6.39. The Morgan fingerprint density at radius 2 is 1.60 bits per heavy atom. The van der Waals surface area contributed by atoms with Crippen molar-refractivity contribution in [2.24, 2.45) is 41.4 Å². The van der Waals surface area contributed by atoms with E-state index in [9.17, 15) is 44.1 Å². The molecule has 1 aromatic heterocycles. The molecule has 4 heterocycles. The molecule has 3 fully saturated rings. The summed E-state index contributed by atoms with van der Waals surface area (Å²) in [7, 11) is 4.52. The van der Waals surface area contributed by atoms with E-state index in [1.165, 1.54) is 24.4 Å². The van der Waals surface area contributed by atoms with Gasteiger partial charge in [0.1, 0.15) is 30.1 Å². The number of methoxy groups -OCH3 is 3. The van der Waals surface area contributed by atoms with Crippen LogP contribution in [0.2, 0.25) is 0 Å². The van der Waals surface area contributed by atoms with Crippen LogP contribution in [0.4, 0.5) is 0 Å². The molecule has 3 aliphatic heterocycles. The summed E-state index contributed by atoms with van der Waals surface area (Å²) in [6.07, 6.45) is 14.2. The molecule has 2 amide bonds. The number of pyridine rings is 1. The van der Waals surface area contributed by atoms with Crippen LogP contribution in [-0.2, 0) is 47.7 Å². The maximum Gasteiger partial charge on any atom is 0.329 e. The average Bonchev–Trinajstić information content (AvgIpc) is 3.40. The highest BCUT2D eigenvalue weighted by Gasteiger charge is 2.53. The number of nitrogen functional groups attached to an aromatic ring is 1. The molecule has 1 aliphatic carbocycles. The number of aliphatic hydroxyl groups excluding tert-OH is 2. The van der Waals surface area contributed by atoms with Crippen molar-refractivity contribution in [1.82, 2.24) is 15.3 Å². The minimum atomic E-state index is -2.43. The van der Waals surface area contributed by atoms with Gasteiger partial charge in [-0.3, -0.25) is 34.4 Å². The number of hydrogen-bond donors (Lipinski definition) is 5. The number of esters is 1. The highest BCUT2D eigenvalue weighted by Crippen LogP contribution is 2.38. The minimum absolute atomic E-state index is 0.0193. The summed E-state index contributed by atoms with van der Waals surface area (Å²) in [6.45, 7) is 12.7. The summed E-state index contributed by atoms with van der Waals surface area (Å²) < 4.78 is 29.4. The Balaban J connectivity index is 0.00000108. The number of hydrogen-bond acceptors (Lipinski definition) is 16. The first-order valence-electron chi connectivity index (χ1n) is 26.7. The number of rotatable bonds is 7. The lowest BCUT2D eigenvalue weighted by Gasteiger charge is -2.42. The quantitative estimate of drug-likeness (QED) is 0.0534. The van der Waals surface area contributed by atoms with Gasteiger partial charge in [0, 0.05) is 76.4 Å². The third-order valence-electron chi connectivity index (χ3n) is 15.6. The van der Waals surface area contributed by atoms with Gasteiger partial charge in [0.15, 0.2) is 5.78 Å². The number of allylic oxidation sites excluding steroid dienone is 6. The van der Waals surface area contributed by atoms with Crippen LogP contribution in [0.5, 0.6) is 0 Å². The van der Waals surface area contributed by atoms with Crippen molar-refractivity contribution < 1.29 is 67.8 Å². The molecule has 1 aromatic rings. The smallest absolute Gasteiger partial charge is 0.329 e. The SMILES string of the molecule is CO[C@H]1C[C@@H]2CC[C@@H](C)[C@@](O)(O2)C(=O)C(=O)N2CCCC[C@H]2C(=O)O[C@H]([C@H](C)C[C@@H]2CC[C@@H](O)[C@H](OC)C2)CC(=O)[C@H](C)/C=C(\C)[C@@H](O)[C@@H](OC)C(=O)[C@H](C)C[C@H](C)/C=C/C=CC=C1C.NNC(=O)c1ccncc1. The van der Waals surface area contributed by atoms with Crippen LogP contribution in [-0.4, -0.2) is 143 Å². The van der Waals surface area contributed by atoms with Gasteiger partial charge in [-0.1, -0.05) is 71.1 Å². The van der Waals surface area contributed by atoms with Crippen LogP contribution < -0.4 is 11.3 Å². The van der Waals surface area contributed by atoms with Crippen molar-refractivity contribution in [3.8, 4) is 0 Å². The molecule has 2 bridgehead atoms. The Bertz CT molecular complexity index is 2180. The molecule has 1 saturated carbocycles. The molecular formula is C57H86N4O14. The standard InChI is InChI=1S/C51H79NO13.C6H7N3O/c1-30-16-12-11-13-17-31(2)42(61-8)28-38-21-19-36(7)51(60,65-38)48(57)49(58)52-23-15-14-18-39(52)50(59)64-43(33(4)26-37-20-22-40(53)44(27-37)62-9)29-41(54)32(3)25-35(6)46(56)47(63-10)45(55)34(5)24-30;7-9-6(10)5-1-3-8-4-2-5/h11-13,16-17,25,30,32-34,36-40,42-44,46-47,53,56,60H,14-15,18-24,26-29H2,1-10H3;1-4H,7H2,(H,9,10)/b13-11?,16-12+,31-17?,35-25+;/t30-,32-,33-,34-,36-,37+,38+,39+,40-,42+,43+,44-,46-,47+,51-;/m1./s1. The molecule has 4 aliphatic rings. The first kappa shape index (κ1) is 62.7. The van der Waals surface area contributed by atoms with Gasteiger partial charge in [-0.2, -0.15) is 0 Å². The van der Waals surface area contributed by atoms with E-state index in [1.807, 2.05) is 63.5 Å². The molecule has 18 heteroatoms. The topological polar surface area (TPSA) is 263 Å². The number of aliphatic hydroxyl groups is 3. The Hall–Kier alpha value is -4.79. The fraction of sp³-hybridized carbons (Fsp3) is 0.667. The molecule has 0 radical (unpaired) electrons. The monoisotopic (exact) mass is 1050 g/mol. The number of hydrazine groups is 1. The second-order valence-electron chi connectivity index (χ2n) is 21.3. The van der Waals surface area contributed by atoms with Crippen LogP contribution in [0.3, 0.4) is 0 Å². The maximum absolute atomic E-state index is 14.4. The van der Waals surface area contributed by atoms with Gasteiger partial charge in [0.2, 0.25) is 5.79 Å². The van der Waals surface area contributed by atoms with Gasteiger partial charge >= 0.3 is 5.97 Å². The molecule has 15 atom stereocenters. The number of carbonyl (C=O) groups excluding carboxylic acids is 6. The van der Waals surface area contributed by atoms with E-state index < -0.39 is 83.9 Å². The fourth-order valence-electron chi connectivity index (χ4n) is 10.7. The van der Waals surface area contributed by atoms with Crippen molar-refractivity contribution in [1.29, 1.82) is 0 Å². The summed E-state index contributed by atoms with van der Waals surface area (Å²) >= 11 is 0. The van der Waals surface area contributed by atoms with E-state index in [0.29, 0.717) is 68.9 Å². The van der Waals surface area contributed by atoms with Crippen LogP contribution in [0, 0.1) is 35.5 Å². The van der Waals surface area contributed by atoms with E-state index in [-0.39, 0.29) is 60.7 Å². The zero-order chi connectivity index (χ0) is 55.6. The number of amides is 2. The van der Waals surface area contributed by atoms with Crippen LogP contribution in [0.15, 0.2) is 72.1 Å². The number of nitrogens with one attached hydrogen (secondary N) is 1. The lowest BCUT2D eigenvalue weighted by atomic mass is 9.78. The number of ketones is 3. The molecule has 18 nitrogen and oxygen atoms in total. The molecule has 6 N–H and O–H groups in total. The summed E-state index contributed by atoms with van der Waals surface area (Å²) in [4.78, 5) is 86.3. The lowest BCUT2D eigenvalue weighted by Crippen LogP contribution is -2.61. The molecule has 5 rings (SSSR count). The Labute approximate surface area is 443 Å². The van der Waals surface area contributed by atoms with Gasteiger partial charge in [-0.05, 0) is 119 Å². The van der Waals surface area contributed by atoms with Crippen molar-refractivity contribution in [2.75, 3.05) is 27.9 Å². The van der Waals surface area contributed by atoms with Gasteiger partial charge in [0.05, 0.1) is 24.4 Å². The highest BCUT2D eigenvalue weighted by atomic mass is 16.6. The van der Waals surface area contributed by atoms with Gasteiger partial charge in [-0.15, -0.1) is 0 Å². The van der Waals surface area contributed by atoms with E-state index in [4.69, 9.17) is 29.5 Å². The molecule has 2 saturated heterocycles. The molecule has 75 heavy (non-hydrogen) atoms. The molecular weight excluding hydrogens is 965 g/mol. The second-order valence-corrected chi connectivity index (χ2v) is 21.3. The Morgan fingerprint density at radius 1 is 0.893 bits per heavy atom. The normalized spacial score (nSPS) is 35.1. The third-order valence-corrected chi connectivity index (χ3v) is 15.6. The average molecular weight is 1050 g/mol.